The average molecular weight is 253 g/mol. The third-order valence-electron chi connectivity index (χ3n) is 3.16. The van der Waals surface area contributed by atoms with Crippen molar-refractivity contribution < 1.29 is 9.53 Å². The van der Waals surface area contributed by atoms with Crippen molar-refractivity contribution in [3.05, 3.63) is 58.4 Å². The fraction of sp³-hybridized carbons (Fsp3) is 0.0667. The second kappa shape index (κ2) is 4.24. The Bertz CT molecular complexity index is 804. The molecule has 0 amide bonds. The number of rotatable bonds is 1. The molecule has 0 unspecified atom stereocenters. The lowest BCUT2D eigenvalue weighted by Gasteiger charge is -1.99. The Morgan fingerprint density at radius 2 is 1.79 bits per heavy atom. The minimum Gasteiger partial charge on any atom is -0.465 e. The number of ether oxygens (including phenoxy) is 1. The highest BCUT2D eigenvalue weighted by atomic mass is 16.5. The molecule has 0 aromatic carbocycles. The monoisotopic (exact) mass is 253 g/mol. The first-order valence-corrected chi connectivity index (χ1v) is 5.84. The maximum absolute atomic E-state index is 12.0. The standard InChI is InChI=1S/C15H11NO3/c1-19-15(18)13-10-6-4-2-3-5-9(10)11-7-8-12(17)16-14(11)13/h2-8H,1H3,(H,16,17). The molecule has 0 fully saturated rings. The maximum Gasteiger partial charge on any atom is 0.340 e. The van der Waals surface area contributed by atoms with Gasteiger partial charge in [0.15, 0.2) is 0 Å². The van der Waals surface area contributed by atoms with E-state index in [0.29, 0.717) is 11.1 Å². The Morgan fingerprint density at radius 3 is 2.53 bits per heavy atom. The Hall–Kier alpha value is -2.62. The van der Waals surface area contributed by atoms with Crippen LogP contribution in [0.4, 0.5) is 0 Å². The van der Waals surface area contributed by atoms with E-state index in [1.807, 2.05) is 30.3 Å². The largest absolute Gasteiger partial charge is 0.465 e. The van der Waals surface area contributed by atoms with Gasteiger partial charge in [-0.1, -0.05) is 30.3 Å². The SMILES string of the molecule is COC(=O)c1c2cccccc-2c2ccc(=O)[nH]c12. The second-order valence-electron chi connectivity index (χ2n) is 4.22. The number of hydrogen-bond acceptors (Lipinski definition) is 3. The Labute approximate surface area is 109 Å². The Morgan fingerprint density at radius 1 is 1.05 bits per heavy atom. The summed E-state index contributed by atoms with van der Waals surface area (Å²) in [4.78, 5) is 26.2. The molecule has 0 spiro atoms. The molecule has 0 radical (unpaired) electrons. The zero-order valence-corrected chi connectivity index (χ0v) is 10.3. The van der Waals surface area contributed by atoms with Gasteiger partial charge < -0.3 is 9.72 Å². The van der Waals surface area contributed by atoms with Gasteiger partial charge in [0.1, 0.15) is 0 Å². The molecule has 0 aliphatic heterocycles. The molecule has 0 atom stereocenters. The summed E-state index contributed by atoms with van der Waals surface area (Å²) in [7, 11) is 1.33. The highest BCUT2D eigenvalue weighted by molar-refractivity contribution is 6.16. The van der Waals surface area contributed by atoms with Crippen LogP contribution in [-0.4, -0.2) is 18.1 Å². The van der Waals surface area contributed by atoms with E-state index in [4.69, 9.17) is 4.74 Å². The van der Waals surface area contributed by atoms with Crippen LogP contribution in [0.15, 0.2) is 47.3 Å². The summed E-state index contributed by atoms with van der Waals surface area (Å²) < 4.78 is 4.82. The van der Waals surface area contributed by atoms with E-state index in [1.165, 1.54) is 13.2 Å². The summed E-state index contributed by atoms with van der Waals surface area (Å²) in [6.45, 7) is 0. The van der Waals surface area contributed by atoms with Gasteiger partial charge in [-0.15, -0.1) is 0 Å². The van der Waals surface area contributed by atoms with Gasteiger partial charge in [-0.2, -0.15) is 0 Å². The number of methoxy groups -OCH3 is 1. The molecular formula is C15H11NO3. The lowest BCUT2D eigenvalue weighted by atomic mass is 10.1. The molecule has 0 saturated heterocycles. The topological polar surface area (TPSA) is 59.2 Å². The minimum atomic E-state index is -0.451. The van der Waals surface area contributed by atoms with Crippen LogP contribution < -0.4 is 5.56 Å². The van der Waals surface area contributed by atoms with E-state index in [1.54, 1.807) is 6.07 Å². The van der Waals surface area contributed by atoms with E-state index in [9.17, 15) is 9.59 Å². The fourth-order valence-electron chi connectivity index (χ4n) is 2.35. The van der Waals surface area contributed by atoms with Crippen molar-refractivity contribution in [2.45, 2.75) is 0 Å². The molecule has 0 bridgehead atoms. The van der Waals surface area contributed by atoms with Crippen molar-refractivity contribution in [2.75, 3.05) is 7.11 Å². The third-order valence-corrected chi connectivity index (χ3v) is 3.16. The second-order valence-corrected chi connectivity index (χ2v) is 4.22. The summed E-state index contributed by atoms with van der Waals surface area (Å²) >= 11 is 0. The van der Waals surface area contributed by atoms with E-state index in [2.05, 4.69) is 4.98 Å². The van der Waals surface area contributed by atoms with E-state index >= 15 is 0 Å². The van der Waals surface area contributed by atoms with Gasteiger partial charge in [0.05, 0.1) is 18.2 Å². The number of fused-ring (bicyclic) bond motifs is 3. The lowest BCUT2D eigenvalue weighted by Crippen LogP contribution is -2.06. The number of aromatic nitrogens is 1. The number of H-pyrrole nitrogens is 1. The van der Waals surface area contributed by atoms with Gasteiger partial charge in [0, 0.05) is 11.5 Å². The molecule has 4 heteroatoms. The van der Waals surface area contributed by atoms with Crippen LogP contribution in [0.5, 0.6) is 0 Å². The first kappa shape index (κ1) is 11.5. The summed E-state index contributed by atoms with van der Waals surface area (Å²) in [6, 6.07) is 12.6. The molecule has 3 rings (SSSR count). The van der Waals surface area contributed by atoms with Crippen LogP contribution in [0.2, 0.25) is 0 Å². The van der Waals surface area contributed by atoms with Crippen molar-refractivity contribution in [3.63, 3.8) is 0 Å². The van der Waals surface area contributed by atoms with Gasteiger partial charge in [-0.25, -0.2) is 4.79 Å². The van der Waals surface area contributed by atoms with Crippen LogP contribution in [0.3, 0.4) is 0 Å². The quantitative estimate of drug-likeness (QED) is 0.677. The number of esters is 1. The predicted octanol–water partition coefficient (Wildman–Crippen LogP) is 2.42. The van der Waals surface area contributed by atoms with E-state index < -0.39 is 5.97 Å². The molecule has 94 valence electrons. The van der Waals surface area contributed by atoms with Crippen molar-refractivity contribution >= 4 is 16.9 Å². The molecule has 1 aromatic heterocycles. The highest BCUT2D eigenvalue weighted by Gasteiger charge is 2.22. The van der Waals surface area contributed by atoms with Gasteiger partial charge >= 0.3 is 5.97 Å². The number of carbonyl (C=O) groups is 1. The molecule has 2 aliphatic carbocycles. The Kier molecular flexibility index (Phi) is 2.56. The zero-order valence-electron chi connectivity index (χ0n) is 10.3. The van der Waals surface area contributed by atoms with Crippen LogP contribution in [0, 0.1) is 0 Å². The van der Waals surface area contributed by atoms with Gasteiger partial charge in [0.25, 0.3) is 0 Å². The molecule has 1 aromatic rings. The first-order valence-electron chi connectivity index (χ1n) is 5.84. The van der Waals surface area contributed by atoms with Crippen LogP contribution in [-0.2, 0) is 4.74 Å². The summed E-state index contributed by atoms with van der Waals surface area (Å²) in [5.74, 6) is -0.451. The molecule has 0 saturated carbocycles. The highest BCUT2D eigenvalue weighted by Crippen LogP contribution is 2.36. The summed E-state index contributed by atoms with van der Waals surface area (Å²) in [5.41, 5.74) is 2.38. The molecule has 4 nitrogen and oxygen atoms in total. The first-order chi connectivity index (χ1) is 9.22. The number of nitrogens with one attached hydrogen (secondary N) is 1. The van der Waals surface area contributed by atoms with Crippen LogP contribution in [0.1, 0.15) is 10.4 Å². The van der Waals surface area contributed by atoms with Gasteiger partial charge in [-0.05, 0) is 17.2 Å². The summed E-state index contributed by atoms with van der Waals surface area (Å²) in [6.07, 6.45) is 0. The van der Waals surface area contributed by atoms with Crippen LogP contribution in [0.25, 0.3) is 22.0 Å². The number of hydrogen-bond donors (Lipinski definition) is 1. The van der Waals surface area contributed by atoms with Gasteiger partial charge in [-0.3, -0.25) is 4.79 Å². The average Bonchev–Trinajstić information content (AvgIpc) is 2.57. The third kappa shape index (κ3) is 1.69. The normalized spacial score (nSPS) is 10.8. The van der Waals surface area contributed by atoms with Crippen molar-refractivity contribution in [2.24, 2.45) is 0 Å². The number of pyridine rings is 1. The minimum absolute atomic E-state index is 0.239. The molecule has 1 N–H and O–H groups in total. The van der Waals surface area contributed by atoms with E-state index in [-0.39, 0.29) is 5.56 Å². The van der Waals surface area contributed by atoms with Crippen molar-refractivity contribution in [1.29, 1.82) is 0 Å². The predicted molar refractivity (Wildman–Crippen MR) is 72.5 cm³/mol. The van der Waals surface area contributed by atoms with E-state index in [0.717, 1.165) is 16.5 Å². The molecule has 1 heterocycles. The zero-order chi connectivity index (χ0) is 13.4. The van der Waals surface area contributed by atoms with Crippen molar-refractivity contribution in [1.82, 2.24) is 4.98 Å². The number of carbonyl (C=O) groups excluding carboxylic acids is 1. The fourth-order valence-corrected chi connectivity index (χ4v) is 2.35. The smallest absolute Gasteiger partial charge is 0.340 e. The number of aromatic amines is 1. The van der Waals surface area contributed by atoms with Crippen molar-refractivity contribution in [3.8, 4) is 11.1 Å². The molecular weight excluding hydrogens is 242 g/mol. The lowest BCUT2D eigenvalue weighted by molar-refractivity contribution is 0.0604. The Balaban J connectivity index is 2.54. The maximum atomic E-state index is 12.0. The molecule has 2 aliphatic rings. The van der Waals surface area contributed by atoms with Crippen LogP contribution >= 0.6 is 0 Å². The summed E-state index contributed by atoms with van der Waals surface area (Å²) in [5, 5.41) is 0.839. The van der Waals surface area contributed by atoms with Gasteiger partial charge in [0.2, 0.25) is 5.56 Å². The molecule has 19 heavy (non-hydrogen) atoms.